The first kappa shape index (κ1) is 9.19. The molecule has 0 saturated heterocycles. The van der Waals surface area contributed by atoms with Crippen LogP contribution in [0, 0.1) is 0 Å². The topological polar surface area (TPSA) is 39.2 Å². The number of carbonyl (C=O) groups is 1. The van der Waals surface area contributed by atoms with Gasteiger partial charge < -0.3 is 4.74 Å². The number of nitrogens with zero attached hydrogens (tertiary/aromatic N) is 1. The van der Waals surface area contributed by atoms with Gasteiger partial charge in [0.05, 0.1) is 13.5 Å². The van der Waals surface area contributed by atoms with Crippen molar-refractivity contribution >= 4 is 21.9 Å². The highest BCUT2D eigenvalue weighted by atomic mass is 79.9. The molecular weight excluding hydrogens is 222 g/mol. The van der Waals surface area contributed by atoms with E-state index in [-0.39, 0.29) is 12.4 Å². The van der Waals surface area contributed by atoms with Crippen molar-refractivity contribution < 1.29 is 9.53 Å². The van der Waals surface area contributed by atoms with Gasteiger partial charge in [0.2, 0.25) is 0 Å². The lowest BCUT2D eigenvalue weighted by Gasteiger charge is -2.00. The Morgan fingerprint density at radius 1 is 1.75 bits per heavy atom. The summed E-state index contributed by atoms with van der Waals surface area (Å²) in [5.74, 6) is -0.248. The Hall–Kier alpha value is -0.900. The SMILES string of the molecule is COC(=O)Cc1ccncc1Br. The number of ether oxygens (including phenoxy) is 1. The quantitative estimate of drug-likeness (QED) is 0.723. The van der Waals surface area contributed by atoms with Crippen molar-refractivity contribution in [3.05, 3.63) is 28.5 Å². The minimum absolute atomic E-state index is 0.248. The molecule has 0 atom stereocenters. The van der Waals surface area contributed by atoms with E-state index in [1.807, 2.05) is 0 Å². The number of carbonyl (C=O) groups excluding carboxylic acids is 1. The molecule has 0 fully saturated rings. The minimum atomic E-state index is -0.248. The molecule has 1 aromatic rings. The highest BCUT2D eigenvalue weighted by Gasteiger charge is 2.05. The molecule has 0 aromatic carbocycles. The lowest BCUT2D eigenvalue weighted by atomic mass is 10.2. The van der Waals surface area contributed by atoms with E-state index in [4.69, 9.17) is 0 Å². The monoisotopic (exact) mass is 229 g/mol. The number of methoxy groups -OCH3 is 1. The normalized spacial score (nSPS) is 9.50. The predicted molar refractivity (Wildman–Crippen MR) is 47.7 cm³/mol. The maximum atomic E-state index is 10.9. The molecule has 1 heterocycles. The first-order valence-corrected chi connectivity index (χ1v) is 4.18. The molecule has 1 rings (SSSR count). The lowest BCUT2D eigenvalue weighted by Crippen LogP contribution is -2.04. The summed E-state index contributed by atoms with van der Waals surface area (Å²) in [6.07, 6.45) is 3.57. The van der Waals surface area contributed by atoms with E-state index >= 15 is 0 Å². The summed E-state index contributed by atoms with van der Waals surface area (Å²) in [6.45, 7) is 0. The first-order valence-electron chi connectivity index (χ1n) is 3.39. The molecule has 0 aliphatic rings. The van der Waals surface area contributed by atoms with Crippen LogP contribution in [0.25, 0.3) is 0 Å². The van der Waals surface area contributed by atoms with Crippen molar-refractivity contribution in [3.63, 3.8) is 0 Å². The van der Waals surface area contributed by atoms with Crippen molar-refractivity contribution in [1.29, 1.82) is 0 Å². The van der Waals surface area contributed by atoms with E-state index in [0.29, 0.717) is 0 Å². The van der Waals surface area contributed by atoms with Gasteiger partial charge in [0.1, 0.15) is 0 Å². The van der Waals surface area contributed by atoms with Gasteiger partial charge in [0.25, 0.3) is 0 Å². The highest BCUT2D eigenvalue weighted by molar-refractivity contribution is 9.10. The molecule has 0 bridgehead atoms. The van der Waals surface area contributed by atoms with Crippen molar-refractivity contribution in [3.8, 4) is 0 Å². The third kappa shape index (κ3) is 2.30. The van der Waals surface area contributed by atoms with Gasteiger partial charge in [0, 0.05) is 16.9 Å². The van der Waals surface area contributed by atoms with Crippen molar-refractivity contribution in [2.75, 3.05) is 7.11 Å². The second-order valence-corrected chi connectivity index (χ2v) is 3.07. The first-order chi connectivity index (χ1) is 5.74. The van der Waals surface area contributed by atoms with Crippen LogP contribution in [0.3, 0.4) is 0 Å². The molecule has 0 radical (unpaired) electrons. The van der Waals surface area contributed by atoms with Gasteiger partial charge >= 0.3 is 5.97 Å². The summed E-state index contributed by atoms with van der Waals surface area (Å²) in [6, 6.07) is 1.78. The highest BCUT2D eigenvalue weighted by Crippen LogP contribution is 2.14. The van der Waals surface area contributed by atoms with E-state index in [1.54, 1.807) is 18.5 Å². The zero-order valence-corrected chi connectivity index (χ0v) is 8.17. The standard InChI is InChI=1S/C8H8BrNO2/c1-12-8(11)4-6-2-3-10-5-7(6)9/h2-3,5H,4H2,1H3. The second-order valence-electron chi connectivity index (χ2n) is 2.22. The predicted octanol–water partition coefficient (Wildman–Crippen LogP) is 1.56. The zero-order chi connectivity index (χ0) is 8.97. The fourth-order valence-corrected chi connectivity index (χ4v) is 1.17. The van der Waals surface area contributed by atoms with Gasteiger partial charge in [-0.15, -0.1) is 0 Å². The van der Waals surface area contributed by atoms with E-state index in [2.05, 4.69) is 25.7 Å². The molecule has 0 spiro atoms. The van der Waals surface area contributed by atoms with Crippen LogP contribution in [0.4, 0.5) is 0 Å². The summed E-state index contributed by atoms with van der Waals surface area (Å²) < 4.78 is 5.36. The zero-order valence-electron chi connectivity index (χ0n) is 6.58. The summed E-state index contributed by atoms with van der Waals surface area (Å²) in [4.78, 5) is 14.7. The van der Waals surface area contributed by atoms with Crippen LogP contribution in [0.5, 0.6) is 0 Å². The van der Waals surface area contributed by atoms with Gasteiger partial charge in [-0.1, -0.05) is 0 Å². The van der Waals surface area contributed by atoms with Gasteiger partial charge in [-0.25, -0.2) is 0 Å². The Labute approximate surface area is 78.9 Å². The molecule has 0 N–H and O–H groups in total. The smallest absolute Gasteiger partial charge is 0.310 e. The molecule has 1 aromatic heterocycles. The second kappa shape index (κ2) is 4.21. The van der Waals surface area contributed by atoms with Crippen LogP contribution >= 0.6 is 15.9 Å². The number of halogens is 1. The van der Waals surface area contributed by atoms with Crippen LogP contribution in [-0.2, 0) is 16.0 Å². The lowest BCUT2D eigenvalue weighted by molar-refractivity contribution is -0.139. The average Bonchev–Trinajstić information content (AvgIpc) is 2.09. The van der Waals surface area contributed by atoms with Gasteiger partial charge in [0.15, 0.2) is 0 Å². The molecular formula is C8H8BrNO2. The van der Waals surface area contributed by atoms with Crippen molar-refractivity contribution in [1.82, 2.24) is 4.98 Å². The van der Waals surface area contributed by atoms with Crippen LogP contribution < -0.4 is 0 Å². The van der Waals surface area contributed by atoms with Gasteiger partial charge in [-0.05, 0) is 27.6 Å². The van der Waals surface area contributed by atoms with E-state index in [9.17, 15) is 4.79 Å². The van der Waals surface area contributed by atoms with Crippen LogP contribution in [0.15, 0.2) is 22.9 Å². The summed E-state index contributed by atoms with van der Waals surface area (Å²) in [5, 5.41) is 0. The number of hydrogen-bond acceptors (Lipinski definition) is 3. The average molecular weight is 230 g/mol. The van der Waals surface area contributed by atoms with Gasteiger partial charge in [-0.3, -0.25) is 9.78 Å². The van der Waals surface area contributed by atoms with E-state index in [0.717, 1.165) is 10.0 Å². The van der Waals surface area contributed by atoms with Crippen molar-refractivity contribution in [2.24, 2.45) is 0 Å². The Morgan fingerprint density at radius 2 is 2.50 bits per heavy atom. The maximum Gasteiger partial charge on any atom is 0.310 e. The third-order valence-corrected chi connectivity index (χ3v) is 2.13. The van der Waals surface area contributed by atoms with Gasteiger partial charge in [-0.2, -0.15) is 0 Å². The molecule has 0 aliphatic heterocycles. The fourth-order valence-electron chi connectivity index (χ4n) is 0.775. The Bertz CT molecular complexity index is 288. The van der Waals surface area contributed by atoms with Crippen LogP contribution in [0.1, 0.15) is 5.56 Å². The maximum absolute atomic E-state index is 10.9. The fraction of sp³-hybridized carbons (Fsp3) is 0.250. The van der Waals surface area contributed by atoms with E-state index in [1.165, 1.54) is 7.11 Å². The minimum Gasteiger partial charge on any atom is -0.469 e. The molecule has 64 valence electrons. The number of rotatable bonds is 2. The van der Waals surface area contributed by atoms with Crippen LogP contribution in [0.2, 0.25) is 0 Å². The Morgan fingerprint density at radius 3 is 3.08 bits per heavy atom. The number of hydrogen-bond donors (Lipinski definition) is 0. The van der Waals surface area contributed by atoms with Crippen LogP contribution in [-0.4, -0.2) is 18.1 Å². The molecule has 0 unspecified atom stereocenters. The number of esters is 1. The number of aromatic nitrogens is 1. The summed E-state index contributed by atoms with van der Waals surface area (Å²) >= 11 is 3.28. The third-order valence-electron chi connectivity index (χ3n) is 1.42. The van der Waals surface area contributed by atoms with E-state index < -0.39 is 0 Å². The summed E-state index contributed by atoms with van der Waals surface area (Å²) in [5.41, 5.74) is 0.886. The Balaban J connectivity index is 2.75. The van der Waals surface area contributed by atoms with Crippen molar-refractivity contribution in [2.45, 2.75) is 6.42 Å². The molecule has 3 nitrogen and oxygen atoms in total. The molecule has 0 saturated carbocycles. The largest absolute Gasteiger partial charge is 0.469 e. The molecule has 0 amide bonds. The molecule has 12 heavy (non-hydrogen) atoms. The summed E-state index contributed by atoms with van der Waals surface area (Å²) in [7, 11) is 1.37. The molecule has 4 heteroatoms. The number of pyridine rings is 1. The molecule has 0 aliphatic carbocycles. The Kier molecular flexibility index (Phi) is 3.22.